The van der Waals surface area contributed by atoms with E-state index in [1.165, 1.54) is 11.1 Å². The number of ether oxygens (including phenoxy) is 1. The number of hydrogen-bond acceptors (Lipinski definition) is 1. The average Bonchev–Trinajstić information content (AvgIpc) is 2.61. The molecule has 0 aromatic heterocycles. The van der Waals surface area contributed by atoms with Gasteiger partial charge in [-0.1, -0.05) is 49.4 Å². The van der Waals surface area contributed by atoms with Crippen LogP contribution < -0.4 is 0 Å². The van der Waals surface area contributed by atoms with Crippen molar-refractivity contribution in [3.05, 3.63) is 66.0 Å². The molecule has 1 nitrogen and oxygen atoms in total. The Hall–Kier alpha value is -1.76. The summed E-state index contributed by atoms with van der Waals surface area (Å²) in [5.74, 6) is 1.37. The standard InChI is InChI=1S/C16H18O/c1-3-13-9-10-15(17-2)11-12-16(13)14-7-5-4-6-8-14/h4-13H,3H2,1-2H3. The first-order valence-corrected chi connectivity index (χ1v) is 6.04. The van der Waals surface area contributed by atoms with E-state index in [0.717, 1.165) is 12.2 Å². The topological polar surface area (TPSA) is 9.23 Å². The minimum absolute atomic E-state index is 0.460. The lowest BCUT2D eigenvalue weighted by molar-refractivity contribution is 0.307. The van der Waals surface area contributed by atoms with Crippen LogP contribution in [0.15, 0.2) is 60.4 Å². The molecule has 0 radical (unpaired) electrons. The first kappa shape index (κ1) is 11.7. The largest absolute Gasteiger partial charge is 0.497 e. The van der Waals surface area contributed by atoms with Crippen LogP contribution in [0.1, 0.15) is 18.9 Å². The summed E-state index contributed by atoms with van der Waals surface area (Å²) in [5.41, 5.74) is 2.65. The molecule has 1 aromatic carbocycles. The molecule has 0 aliphatic heterocycles. The Balaban J connectivity index is 2.39. The molecule has 0 bridgehead atoms. The van der Waals surface area contributed by atoms with E-state index in [1.54, 1.807) is 7.11 Å². The summed E-state index contributed by atoms with van der Waals surface area (Å²) in [5, 5.41) is 0. The maximum absolute atomic E-state index is 5.28. The highest BCUT2D eigenvalue weighted by atomic mass is 16.5. The van der Waals surface area contributed by atoms with Gasteiger partial charge in [0.2, 0.25) is 0 Å². The van der Waals surface area contributed by atoms with Gasteiger partial charge in [-0.15, -0.1) is 0 Å². The van der Waals surface area contributed by atoms with Gasteiger partial charge in [-0.2, -0.15) is 0 Å². The van der Waals surface area contributed by atoms with Crippen LogP contribution in [-0.2, 0) is 4.74 Å². The van der Waals surface area contributed by atoms with Crippen LogP contribution in [0, 0.1) is 5.92 Å². The molecule has 1 atom stereocenters. The molecule has 1 heteroatoms. The number of rotatable bonds is 3. The van der Waals surface area contributed by atoms with Crippen molar-refractivity contribution in [2.75, 3.05) is 7.11 Å². The fraction of sp³-hybridized carbons (Fsp3) is 0.250. The molecule has 17 heavy (non-hydrogen) atoms. The Kier molecular flexibility index (Phi) is 3.81. The molecule has 1 aliphatic carbocycles. The maximum Gasteiger partial charge on any atom is 0.118 e. The quantitative estimate of drug-likeness (QED) is 0.750. The SMILES string of the molecule is CCC1C=CC(OC)=CC=C1c1ccccc1. The molecular formula is C16H18O. The van der Waals surface area contributed by atoms with Crippen molar-refractivity contribution < 1.29 is 4.74 Å². The van der Waals surface area contributed by atoms with Gasteiger partial charge < -0.3 is 4.74 Å². The highest BCUT2D eigenvalue weighted by molar-refractivity contribution is 5.71. The molecule has 0 N–H and O–H groups in total. The first-order chi connectivity index (χ1) is 8.35. The number of allylic oxidation sites excluding steroid dienone is 5. The Morgan fingerprint density at radius 1 is 1.12 bits per heavy atom. The van der Waals surface area contributed by atoms with Gasteiger partial charge in [0.1, 0.15) is 5.76 Å². The normalized spacial score (nSPS) is 19.3. The monoisotopic (exact) mass is 226 g/mol. The number of methoxy groups -OCH3 is 1. The first-order valence-electron chi connectivity index (χ1n) is 6.04. The van der Waals surface area contributed by atoms with Crippen LogP contribution in [0.25, 0.3) is 5.57 Å². The molecular weight excluding hydrogens is 208 g/mol. The molecule has 0 fully saturated rings. The lowest BCUT2D eigenvalue weighted by atomic mass is 9.90. The Morgan fingerprint density at radius 2 is 1.88 bits per heavy atom. The third kappa shape index (κ3) is 2.68. The predicted molar refractivity (Wildman–Crippen MR) is 72.4 cm³/mol. The van der Waals surface area contributed by atoms with Crippen molar-refractivity contribution in [2.24, 2.45) is 5.92 Å². The fourth-order valence-electron chi connectivity index (χ4n) is 2.10. The lowest BCUT2D eigenvalue weighted by Gasteiger charge is -2.14. The summed E-state index contributed by atoms with van der Waals surface area (Å²) in [4.78, 5) is 0. The van der Waals surface area contributed by atoms with Crippen LogP contribution in [-0.4, -0.2) is 7.11 Å². The van der Waals surface area contributed by atoms with E-state index >= 15 is 0 Å². The molecule has 0 saturated carbocycles. The summed E-state index contributed by atoms with van der Waals surface area (Å²) in [7, 11) is 1.71. The zero-order valence-corrected chi connectivity index (χ0v) is 10.4. The molecule has 0 saturated heterocycles. The highest BCUT2D eigenvalue weighted by Gasteiger charge is 2.12. The van der Waals surface area contributed by atoms with Crippen molar-refractivity contribution in [3.8, 4) is 0 Å². The highest BCUT2D eigenvalue weighted by Crippen LogP contribution is 2.29. The summed E-state index contributed by atoms with van der Waals surface area (Å²) >= 11 is 0. The van der Waals surface area contributed by atoms with Crippen LogP contribution >= 0.6 is 0 Å². The molecule has 2 rings (SSSR count). The second-order valence-electron chi connectivity index (χ2n) is 4.14. The van der Waals surface area contributed by atoms with E-state index in [4.69, 9.17) is 4.74 Å². The van der Waals surface area contributed by atoms with E-state index in [0.29, 0.717) is 5.92 Å². The minimum atomic E-state index is 0.460. The molecule has 0 heterocycles. The van der Waals surface area contributed by atoms with Crippen LogP contribution in [0.2, 0.25) is 0 Å². The summed E-state index contributed by atoms with van der Waals surface area (Å²) in [6, 6.07) is 10.5. The molecule has 1 unspecified atom stereocenters. The van der Waals surface area contributed by atoms with Crippen molar-refractivity contribution in [1.29, 1.82) is 0 Å². The van der Waals surface area contributed by atoms with Crippen molar-refractivity contribution in [3.63, 3.8) is 0 Å². The van der Waals surface area contributed by atoms with Gasteiger partial charge in [0.25, 0.3) is 0 Å². The minimum Gasteiger partial charge on any atom is -0.497 e. The van der Waals surface area contributed by atoms with Crippen LogP contribution in [0.4, 0.5) is 0 Å². The zero-order chi connectivity index (χ0) is 12.1. The third-order valence-corrected chi connectivity index (χ3v) is 3.10. The van der Waals surface area contributed by atoms with Crippen molar-refractivity contribution in [2.45, 2.75) is 13.3 Å². The van der Waals surface area contributed by atoms with E-state index in [9.17, 15) is 0 Å². The van der Waals surface area contributed by atoms with Gasteiger partial charge in [-0.25, -0.2) is 0 Å². The van der Waals surface area contributed by atoms with Gasteiger partial charge >= 0.3 is 0 Å². The summed E-state index contributed by atoms with van der Waals surface area (Å²) in [6.45, 7) is 2.21. The second kappa shape index (κ2) is 5.53. The van der Waals surface area contributed by atoms with Gasteiger partial charge in [0.05, 0.1) is 7.11 Å². The predicted octanol–water partition coefficient (Wildman–Crippen LogP) is 4.20. The summed E-state index contributed by atoms with van der Waals surface area (Å²) < 4.78 is 5.28. The zero-order valence-electron chi connectivity index (χ0n) is 10.4. The number of hydrogen-bond donors (Lipinski definition) is 0. The maximum atomic E-state index is 5.28. The van der Waals surface area contributed by atoms with E-state index < -0.39 is 0 Å². The van der Waals surface area contributed by atoms with Crippen LogP contribution in [0.3, 0.4) is 0 Å². The Bertz CT molecular complexity index is 452. The van der Waals surface area contributed by atoms with Gasteiger partial charge in [0.15, 0.2) is 0 Å². The van der Waals surface area contributed by atoms with Crippen molar-refractivity contribution >= 4 is 5.57 Å². The molecule has 0 spiro atoms. The molecule has 1 aliphatic rings. The van der Waals surface area contributed by atoms with E-state index in [2.05, 4.69) is 49.4 Å². The summed E-state index contributed by atoms with van der Waals surface area (Å²) in [6.07, 6.45) is 9.58. The second-order valence-corrected chi connectivity index (χ2v) is 4.14. The van der Waals surface area contributed by atoms with Crippen molar-refractivity contribution in [1.82, 2.24) is 0 Å². The van der Waals surface area contributed by atoms with Crippen LogP contribution in [0.5, 0.6) is 0 Å². The fourth-order valence-corrected chi connectivity index (χ4v) is 2.10. The smallest absolute Gasteiger partial charge is 0.118 e. The Morgan fingerprint density at radius 3 is 2.53 bits per heavy atom. The van der Waals surface area contributed by atoms with Gasteiger partial charge in [-0.3, -0.25) is 0 Å². The van der Waals surface area contributed by atoms with E-state index in [1.807, 2.05) is 12.1 Å². The molecule has 0 amide bonds. The number of benzene rings is 1. The van der Waals surface area contributed by atoms with E-state index in [-0.39, 0.29) is 0 Å². The molecule has 88 valence electrons. The Labute approximate surface area is 103 Å². The van der Waals surface area contributed by atoms with Gasteiger partial charge in [-0.05, 0) is 29.7 Å². The lowest BCUT2D eigenvalue weighted by Crippen LogP contribution is -1.98. The third-order valence-electron chi connectivity index (χ3n) is 3.10. The molecule has 1 aromatic rings. The average molecular weight is 226 g/mol. The van der Waals surface area contributed by atoms with Gasteiger partial charge in [0, 0.05) is 5.92 Å².